The van der Waals surface area contributed by atoms with Crippen molar-refractivity contribution < 1.29 is 0 Å². The highest BCUT2D eigenvalue weighted by molar-refractivity contribution is 5.92. The highest BCUT2D eigenvalue weighted by atomic mass is 14.9. The molecule has 0 fully saturated rings. The van der Waals surface area contributed by atoms with Crippen molar-refractivity contribution in [2.24, 2.45) is 0 Å². The fourth-order valence-electron chi connectivity index (χ4n) is 2.46. The first-order chi connectivity index (χ1) is 8.25. The van der Waals surface area contributed by atoms with Crippen LogP contribution in [-0.2, 0) is 6.42 Å². The Morgan fingerprint density at radius 2 is 2.00 bits per heavy atom. The number of rotatable bonds is 1. The number of fused-ring (bicyclic) bond motifs is 3. The molecule has 0 saturated carbocycles. The lowest BCUT2D eigenvalue weighted by atomic mass is 9.99. The molecule has 2 nitrogen and oxygen atoms in total. The van der Waals surface area contributed by atoms with E-state index < -0.39 is 0 Å². The van der Waals surface area contributed by atoms with Gasteiger partial charge in [0.1, 0.15) is 0 Å². The molecule has 88 valence electrons. The van der Waals surface area contributed by atoms with Gasteiger partial charge in [0.2, 0.25) is 0 Å². The van der Waals surface area contributed by atoms with Crippen molar-refractivity contribution in [3.05, 3.63) is 35.5 Å². The molecule has 2 aromatic rings. The van der Waals surface area contributed by atoms with Crippen LogP contribution in [0.3, 0.4) is 0 Å². The molecule has 1 aliphatic heterocycles. The van der Waals surface area contributed by atoms with Gasteiger partial charge in [0.15, 0.2) is 0 Å². The summed E-state index contributed by atoms with van der Waals surface area (Å²) in [5.41, 5.74) is 5.00. The number of nitrogens with one attached hydrogen (secondary N) is 1. The van der Waals surface area contributed by atoms with E-state index in [0.717, 1.165) is 12.1 Å². The highest BCUT2D eigenvalue weighted by Gasteiger charge is 2.13. The molecule has 0 spiro atoms. The molecule has 1 aliphatic rings. The predicted octanol–water partition coefficient (Wildman–Crippen LogP) is 3.72. The Bertz CT molecular complexity index is 558. The second kappa shape index (κ2) is 4.02. The number of hydrogen-bond acceptors (Lipinski definition) is 2. The summed E-state index contributed by atoms with van der Waals surface area (Å²) in [5.74, 6) is 0.485. The summed E-state index contributed by atoms with van der Waals surface area (Å²) < 4.78 is 0. The minimum Gasteiger partial charge on any atom is -0.383 e. The maximum atomic E-state index is 4.83. The van der Waals surface area contributed by atoms with E-state index in [1.807, 2.05) is 0 Å². The van der Waals surface area contributed by atoms with Crippen molar-refractivity contribution in [3.63, 3.8) is 0 Å². The lowest BCUT2D eigenvalue weighted by Gasteiger charge is -2.20. The molecule has 0 bridgehead atoms. The van der Waals surface area contributed by atoms with Crippen LogP contribution in [0.2, 0.25) is 0 Å². The third kappa shape index (κ3) is 1.78. The van der Waals surface area contributed by atoms with Crippen molar-refractivity contribution in [1.29, 1.82) is 0 Å². The van der Waals surface area contributed by atoms with Crippen LogP contribution >= 0.6 is 0 Å². The van der Waals surface area contributed by atoms with Gasteiger partial charge in [-0.25, -0.2) is 0 Å². The van der Waals surface area contributed by atoms with Crippen LogP contribution in [0, 0.1) is 0 Å². The SMILES string of the molecule is CC(C)c1ccc2ccc3c(c2n1)NCCC3. The van der Waals surface area contributed by atoms with E-state index in [2.05, 4.69) is 43.4 Å². The molecule has 2 heterocycles. The average molecular weight is 226 g/mol. The molecule has 1 N–H and O–H groups in total. The van der Waals surface area contributed by atoms with Gasteiger partial charge >= 0.3 is 0 Å². The van der Waals surface area contributed by atoms with Crippen LogP contribution in [0.15, 0.2) is 24.3 Å². The highest BCUT2D eigenvalue weighted by Crippen LogP contribution is 2.30. The van der Waals surface area contributed by atoms with Gasteiger partial charge in [-0.05, 0) is 30.4 Å². The Hall–Kier alpha value is -1.57. The molecule has 1 aromatic carbocycles. The molecule has 2 heteroatoms. The molecular weight excluding hydrogens is 208 g/mol. The van der Waals surface area contributed by atoms with Crippen molar-refractivity contribution in [3.8, 4) is 0 Å². The van der Waals surface area contributed by atoms with Crippen LogP contribution in [-0.4, -0.2) is 11.5 Å². The number of nitrogens with zero attached hydrogens (tertiary/aromatic N) is 1. The molecule has 3 rings (SSSR count). The Morgan fingerprint density at radius 3 is 2.82 bits per heavy atom. The fraction of sp³-hybridized carbons (Fsp3) is 0.400. The summed E-state index contributed by atoms with van der Waals surface area (Å²) in [5, 5.41) is 4.75. The van der Waals surface area contributed by atoms with Gasteiger partial charge in [-0.15, -0.1) is 0 Å². The Balaban J connectivity index is 2.25. The zero-order chi connectivity index (χ0) is 11.8. The molecule has 17 heavy (non-hydrogen) atoms. The second-order valence-corrected chi connectivity index (χ2v) is 5.09. The monoisotopic (exact) mass is 226 g/mol. The molecule has 0 amide bonds. The Morgan fingerprint density at radius 1 is 1.18 bits per heavy atom. The minimum absolute atomic E-state index is 0.485. The first kappa shape index (κ1) is 10.6. The summed E-state index contributed by atoms with van der Waals surface area (Å²) in [4.78, 5) is 4.83. The van der Waals surface area contributed by atoms with Crippen LogP contribution in [0.5, 0.6) is 0 Å². The number of aryl methyl sites for hydroxylation is 1. The summed E-state index contributed by atoms with van der Waals surface area (Å²) in [6.45, 7) is 5.45. The van der Waals surface area contributed by atoms with E-state index >= 15 is 0 Å². The van der Waals surface area contributed by atoms with Crippen LogP contribution in [0.25, 0.3) is 10.9 Å². The molecular formula is C15H18N2. The summed E-state index contributed by atoms with van der Waals surface area (Å²) >= 11 is 0. The number of aromatic nitrogens is 1. The second-order valence-electron chi connectivity index (χ2n) is 5.09. The number of anilines is 1. The lowest BCUT2D eigenvalue weighted by Crippen LogP contribution is -2.12. The maximum Gasteiger partial charge on any atom is 0.0939 e. The van der Waals surface area contributed by atoms with Crippen molar-refractivity contribution in [1.82, 2.24) is 4.98 Å². The lowest BCUT2D eigenvalue weighted by molar-refractivity contribution is 0.821. The summed E-state index contributed by atoms with van der Waals surface area (Å²) in [6, 6.07) is 8.76. The van der Waals surface area contributed by atoms with Crippen molar-refractivity contribution >= 4 is 16.6 Å². The van der Waals surface area contributed by atoms with Crippen LogP contribution < -0.4 is 5.32 Å². The normalized spacial score (nSPS) is 14.8. The summed E-state index contributed by atoms with van der Waals surface area (Å²) in [7, 11) is 0. The van der Waals surface area contributed by atoms with E-state index in [1.54, 1.807) is 0 Å². The van der Waals surface area contributed by atoms with E-state index in [1.165, 1.54) is 35.2 Å². The van der Waals surface area contributed by atoms with E-state index in [-0.39, 0.29) is 0 Å². The summed E-state index contributed by atoms with van der Waals surface area (Å²) in [6.07, 6.45) is 2.40. The third-order valence-electron chi connectivity index (χ3n) is 3.49. The van der Waals surface area contributed by atoms with Gasteiger partial charge in [0.05, 0.1) is 11.2 Å². The van der Waals surface area contributed by atoms with E-state index in [4.69, 9.17) is 4.98 Å². The Kier molecular flexibility index (Phi) is 2.50. The zero-order valence-electron chi connectivity index (χ0n) is 10.5. The van der Waals surface area contributed by atoms with Gasteiger partial charge in [-0.1, -0.05) is 32.0 Å². The average Bonchev–Trinajstić information content (AvgIpc) is 2.38. The van der Waals surface area contributed by atoms with Crippen LogP contribution in [0.1, 0.15) is 37.4 Å². The van der Waals surface area contributed by atoms with Gasteiger partial charge < -0.3 is 5.32 Å². The largest absolute Gasteiger partial charge is 0.383 e. The van der Waals surface area contributed by atoms with Gasteiger partial charge in [-0.2, -0.15) is 0 Å². The zero-order valence-corrected chi connectivity index (χ0v) is 10.5. The standard InChI is InChI=1S/C15H18N2/c1-10(2)13-8-7-12-6-5-11-4-3-9-16-14(11)15(12)17-13/h5-8,10,16H,3-4,9H2,1-2H3. The van der Waals surface area contributed by atoms with E-state index in [9.17, 15) is 0 Å². The van der Waals surface area contributed by atoms with Crippen molar-refractivity contribution in [2.75, 3.05) is 11.9 Å². The smallest absolute Gasteiger partial charge is 0.0939 e. The number of benzene rings is 1. The van der Waals surface area contributed by atoms with Crippen LogP contribution in [0.4, 0.5) is 5.69 Å². The Labute approximate surface area is 102 Å². The maximum absolute atomic E-state index is 4.83. The van der Waals surface area contributed by atoms with Crippen molar-refractivity contribution in [2.45, 2.75) is 32.6 Å². The predicted molar refractivity (Wildman–Crippen MR) is 72.6 cm³/mol. The van der Waals surface area contributed by atoms with E-state index in [0.29, 0.717) is 5.92 Å². The minimum atomic E-state index is 0.485. The topological polar surface area (TPSA) is 24.9 Å². The third-order valence-corrected chi connectivity index (χ3v) is 3.49. The van der Waals surface area contributed by atoms with Gasteiger partial charge in [0.25, 0.3) is 0 Å². The molecule has 0 unspecified atom stereocenters. The molecule has 0 saturated heterocycles. The molecule has 0 atom stereocenters. The number of pyridine rings is 1. The quantitative estimate of drug-likeness (QED) is 0.801. The number of hydrogen-bond donors (Lipinski definition) is 1. The first-order valence-electron chi connectivity index (χ1n) is 6.42. The molecule has 0 aliphatic carbocycles. The van der Waals surface area contributed by atoms with Gasteiger partial charge in [0, 0.05) is 17.6 Å². The molecule has 1 aromatic heterocycles. The molecule has 0 radical (unpaired) electrons. The van der Waals surface area contributed by atoms with Gasteiger partial charge in [-0.3, -0.25) is 4.98 Å². The first-order valence-corrected chi connectivity index (χ1v) is 6.42. The fourth-order valence-corrected chi connectivity index (χ4v) is 2.46.